The third-order valence-electron chi connectivity index (χ3n) is 5.55. The van der Waals surface area contributed by atoms with E-state index < -0.39 is 0 Å². The SMILES string of the molecule is Cc1cc2oc(=O)cc(C)c2cc1NC(=O)NCC1(Cn2ccnc2C)CC1. The molecular formula is C21H24N4O3. The summed E-state index contributed by atoms with van der Waals surface area (Å²) in [5.74, 6) is 0.990. The molecule has 1 aromatic carbocycles. The van der Waals surface area contributed by atoms with Gasteiger partial charge in [-0.05, 0) is 56.9 Å². The van der Waals surface area contributed by atoms with E-state index in [1.807, 2.05) is 33.0 Å². The zero-order valence-electron chi connectivity index (χ0n) is 16.3. The second-order valence-electron chi connectivity index (χ2n) is 7.82. The Morgan fingerprint density at radius 1 is 1.21 bits per heavy atom. The van der Waals surface area contributed by atoms with Crippen molar-refractivity contribution < 1.29 is 9.21 Å². The first-order valence-electron chi connectivity index (χ1n) is 9.43. The summed E-state index contributed by atoms with van der Waals surface area (Å²) in [5, 5.41) is 6.75. The molecule has 2 aromatic heterocycles. The number of amides is 2. The van der Waals surface area contributed by atoms with Gasteiger partial charge in [-0.2, -0.15) is 0 Å². The molecule has 0 radical (unpaired) electrons. The van der Waals surface area contributed by atoms with Gasteiger partial charge in [0, 0.05) is 48.0 Å². The van der Waals surface area contributed by atoms with E-state index in [4.69, 9.17) is 4.42 Å². The summed E-state index contributed by atoms with van der Waals surface area (Å²) in [6, 6.07) is 4.86. The fourth-order valence-corrected chi connectivity index (χ4v) is 3.54. The second-order valence-corrected chi connectivity index (χ2v) is 7.82. The number of nitrogens with one attached hydrogen (secondary N) is 2. The number of aryl methyl sites for hydroxylation is 3. The number of carbonyl (C=O) groups is 1. The van der Waals surface area contributed by atoms with Crippen LogP contribution < -0.4 is 16.3 Å². The summed E-state index contributed by atoms with van der Waals surface area (Å²) in [6.45, 7) is 7.21. The molecule has 4 rings (SSSR count). The van der Waals surface area contributed by atoms with Crippen molar-refractivity contribution in [2.24, 2.45) is 5.41 Å². The molecule has 1 aliphatic rings. The highest BCUT2D eigenvalue weighted by Crippen LogP contribution is 2.46. The summed E-state index contributed by atoms with van der Waals surface area (Å²) in [7, 11) is 0. The van der Waals surface area contributed by atoms with Gasteiger partial charge in [0.1, 0.15) is 11.4 Å². The van der Waals surface area contributed by atoms with Crippen molar-refractivity contribution in [3.05, 3.63) is 58.0 Å². The van der Waals surface area contributed by atoms with Crippen molar-refractivity contribution in [2.45, 2.75) is 40.2 Å². The van der Waals surface area contributed by atoms with Crippen molar-refractivity contribution in [2.75, 3.05) is 11.9 Å². The van der Waals surface area contributed by atoms with Gasteiger partial charge in [0.05, 0.1) is 0 Å². The zero-order chi connectivity index (χ0) is 19.9. The maximum atomic E-state index is 12.5. The highest BCUT2D eigenvalue weighted by Gasteiger charge is 2.43. The minimum absolute atomic E-state index is 0.112. The van der Waals surface area contributed by atoms with Crippen LogP contribution in [0.1, 0.15) is 29.8 Å². The van der Waals surface area contributed by atoms with Crippen molar-refractivity contribution >= 4 is 22.7 Å². The summed E-state index contributed by atoms with van der Waals surface area (Å²) >= 11 is 0. The lowest BCUT2D eigenvalue weighted by molar-refractivity contribution is 0.248. The van der Waals surface area contributed by atoms with Crippen LogP contribution in [0.25, 0.3) is 11.0 Å². The number of aromatic nitrogens is 2. The Labute approximate surface area is 162 Å². The Hall–Kier alpha value is -3.09. The van der Waals surface area contributed by atoms with Crippen LogP contribution in [0.3, 0.4) is 0 Å². The summed E-state index contributed by atoms with van der Waals surface area (Å²) in [5.41, 5.74) is 2.64. The predicted molar refractivity (Wildman–Crippen MR) is 108 cm³/mol. The first-order valence-corrected chi connectivity index (χ1v) is 9.43. The Kier molecular flexibility index (Phi) is 4.45. The van der Waals surface area contributed by atoms with Crippen molar-refractivity contribution in [3.8, 4) is 0 Å². The highest BCUT2D eigenvalue weighted by molar-refractivity contribution is 5.94. The van der Waals surface area contributed by atoms with Crippen molar-refractivity contribution in [3.63, 3.8) is 0 Å². The quantitative estimate of drug-likeness (QED) is 0.663. The number of fused-ring (bicyclic) bond motifs is 1. The van der Waals surface area contributed by atoms with Crippen LogP contribution >= 0.6 is 0 Å². The number of carbonyl (C=O) groups excluding carboxylic acids is 1. The molecule has 1 saturated carbocycles. The van der Waals surface area contributed by atoms with Gasteiger partial charge in [0.25, 0.3) is 0 Å². The second kappa shape index (κ2) is 6.82. The number of hydrogen-bond acceptors (Lipinski definition) is 4. The first-order chi connectivity index (χ1) is 13.3. The van der Waals surface area contributed by atoms with Crippen LogP contribution in [0.5, 0.6) is 0 Å². The molecule has 0 saturated heterocycles. The number of rotatable bonds is 5. The van der Waals surface area contributed by atoms with Gasteiger partial charge < -0.3 is 19.6 Å². The smallest absolute Gasteiger partial charge is 0.336 e. The lowest BCUT2D eigenvalue weighted by Crippen LogP contribution is -2.35. The number of benzene rings is 1. The van der Waals surface area contributed by atoms with E-state index in [1.54, 1.807) is 12.3 Å². The molecule has 0 unspecified atom stereocenters. The third kappa shape index (κ3) is 3.65. The minimum Gasteiger partial charge on any atom is -0.423 e. The van der Waals surface area contributed by atoms with E-state index in [-0.39, 0.29) is 17.1 Å². The average molecular weight is 380 g/mol. The number of anilines is 1. The topological polar surface area (TPSA) is 89.2 Å². The molecular weight excluding hydrogens is 356 g/mol. The van der Waals surface area contributed by atoms with E-state index >= 15 is 0 Å². The third-order valence-corrected chi connectivity index (χ3v) is 5.55. The number of urea groups is 1. The summed E-state index contributed by atoms with van der Waals surface area (Å²) in [4.78, 5) is 28.3. The number of nitrogens with zero attached hydrogens (tertiary/aromatic N) is 2. The highest BCUT2D eigenvalue weighted by atomic mass is 16.4. The van der Waals surface area contributed by atoms with Crippen LogP contribution in [0.15, 0.2) is 39.8 Å². The van der Waals surface area contributed by atoms with E-state index in [2.05, 4.69) is 20.2 Å². The number of hydrogen-bond donors (Lipinski definition) is 2. The lowest BCUT2D eigenvalue weighted by Gasteiger charge is -2.18. The molecule has 0 spiro atoms. The van der Waals surface area contributed by atoms with Crippen molar-refractivity contribution in [1.29, 1.82) is 0 Å². The molecule has 146 valence electrons. The monoisotopic (exact) mass is 380 g/mol. The van der Waals surface area contributed by atoms with E-state index in [0.717, 1.165) is 41.7 Å². The molecule has 2 amide bonds. The lowest BCUT2D eigenvalue weighted by atomic mass is 10.1. The van der Waals surface area contributed by atoms with E-state index in [9.17, 15) is 9.59 Å². The fraction of sp³-hybridized carbons (Fsp3) is 0.381. The molecule has 2 N–H and O–H groups in total. The maximum Gasteiger partial charge on any atom is 0.336 e. The first kappa shape index (κ1) is 18.3. The minimum atomic E-state index is -0.370. The maximum absolute atomic E-state index is 12.5. The Bertz CT molecular complexity index is 1110. The summed E-state index contributed by atoms with van der Waals surface area (Å²) in [6.07, 6.45) is 5.98. The van der Waals surface area contributed by atoms with Crippen LogP contribution in [0.4, 0.5) is 10.5 Å². The molecule has 3 aromatic rings. The molecule has 28 heavy (non-hydrogen) atoms. The molecule has 0 aliphatic heterocycles. The average Bonchev–Trinajstić information content (AvgIpc) is 3.29. The summed E-state index contributed by atoms with van der Waals surface area (Å²) < 4.78 is 7.39. The molecule has 0 atom stereocenters. The Balaban J connectivity index is 1.43. The molecule has 7 heteroatoms. The Morgan fingerprint density at radius 2 is 2.00 bits per heavy atom. The van der Waals surface area contributed by atoms with Gasteiger partial charge in [-0.25, -0.2) is 14.6 Å². The van der Waals surface area contributed by atoms with Gasteiger partial charge in [-0.1, -0.05) is 0 Å². The van der Waals surface area contributed by atoms with Crippen LogP contribution in [0.2, 0.25) is 0 Å². The fourth-order valence-electron chi connectivity index (χ4n) is 3.54. The zero-order valence-corrected chi connectivity index (χ0v) is 16.3. The standard InChI is InChI=1S/C21H24N4O3/c1-13-9-19(26)28-18-8-14(2)17(10-16(13)18)24-20(27)23-11-21(4-5-21)12-25-7-6-22-15(25)3/h6-10H,4-5,11-12H2,1-3H3,(H2,23,24,27). The number of imidazole rings is 1. The van der Waals surface area contributed by atoms with Crippen LogP contribution in [0, 0.1) is 26.2 Å². The molecule has 1 fully saturated rings. The normalized spacial score (nSPS) is 14.8. The Morgan fingerprint density at radius 3 is 2.68 bits per heavy atom. The van der Waals surface area contributed by atoms with Gasteiger partial charge in [0.15, 0.2) is 0 Å². The van der Waals surface area contributed by atoms with E-state index in [1.165, 1.54) is 6.07 Å². The van der Waals surface area contributed by atoms with Gasteiger partial charge in [0.2, 0.25) is 0 Å². The molecule has 7 nitrogen and oxygen atoms in total. The van der Waals surface area contributed by atoms with Gasteiger partial charge in [-0.15, -0.1) is 0 Å². The molecule has 2 heterocycles. The molecule has 1 aliphatic carbocycles. The largest absolute Gasteiger partial charge is 0.423 e. The van der Waals surface area contributed by atoms with Crippen LogP contribution in [-0.4, -0.2) is 22.1 Å². The van der Waals surface area contributed by atoms with Crippen LogP contribution in [-0.2, 0) is 6.54 Å². The van der Waals surface area contributed by atoms with Gasteiger partial charge >= 0.3 is 11.7 Å². The predicted octanol–water partition coefficient (Wildman–Crippen LogP) is 3.52. The van der Waals surface area contributed by atoms with Gasteiger partial charge in [-0.3, -0.25) is 0 Å². The van der Waals surface area contributed by atoms with Crippen molar-refractivity contribution in [1.82, 2.24) is 14.9 Å². The van der Waals surface area contributed by atoms with E-state index in [0.29, 0.717) is 17.8 Å². The molecule has 0 bridgehead atoms.